The summed E-state index contributed by atoms with van der Waals surface area (Å²) < 4.78 is 9.84. The van der Waals surface area contributed by atoms with Gasteiger partial charge in [0.05, 0.1) is 14.2 Å². The van der Waals surface area contributed by atoms with Gasteiger partial charge in [0.2, 0.25) is 11.2 Å². The van der Waals surface area contributed by atoms with Crippen molar-refractivity contribution in [2.24, 2.45) is 0 Å². The second-order valence-electron chi connectivity index (χ2n) is 2.18. The van der Waals surface area contributed by atoms with Crippen LogP contribution in [0.4, 0.5) is 0 Å². The van der Waals surface area contributed by atoms with Gasteiger partial charge in [-0.2, -0.15) is 0 Å². The van der Waals surface area contributed by atoms with Crippen LogP contribution in [0, 0.1) is 0 Å². The molecule has 0 unspecified atom stereocenters. The highest BCUT2D eigenvalue weighted by Gasteiger charge is 2.03. The van der Waals surface area contributed by atoms with Crippen molar-refractivity contribution < 1.29 is 9.47 Å². The second kappa shape index (κ2) is 3.76. The van der Waals surface area contributed by atoms with Gasteiger partial charge >= 0.3 is 0 Å². The first-order valence-electron chi connectivity index (χ1n) is 3.51. The smallest absolute Gasteiger partial charge is 0.224 e. The lowest BCUT2D eigenvalue weighted by atomic mass is 10.4. The molecule has 1 aromatic rings. The van der Waals surface area contributed by atoms with E-state index < -0.39 is 0 Å². The fraction of sp³-hybridized carbons (Fsp3) is 0.222. The topological polar surface area (TPSA) is 35.5 Å². The number of rotatable bonds is 2. The third kappa shape index (κ3) is 1.56. The van der Waals surface area contributed by atoms with Gasteiger partial charge in [-0.3, -0.25) is 4.79 Å². The first-order chi connectivity index (χ1) is 5.79. The standard InChI is InChI=1S/C9H10O3/c1-11-8-6-4-3-5-7(10)9(8)12-2/h3-6H,1-2H3. The molecule has 0 N–H and O–H groups in total. The third-order valence-corrected chi connectivity index (χ3v) is 1.48. The highest BCUT2D eigenvalue weighted by atomic mass is 16.5. The van der Waals surface area contributed by atoms with Crippen LogP contribution in [0.3, 0.4) is 0 Å². The van der Waals surface area contributed by atoms with E-state index >= 15 is 0 Å². The van der Waals surface area contributed by atoms with Crippen LogP contribution < -0.4 is 14.9 Å². The van der Waals surface area contributed by atoms with E-state index in [2.05, 4.69) is 0 Å². The van der Waals surface area contributed by atoms with E-state index in [1.165, 1.54) is 20.3 Å². The first kappa shape index (κ1) is 8.59. The van der Waals surface area contributed by atoms with Gasteiger partial charge in [0.25, 0.3) is 0 Å². The van der Waals surface area contributed by atoms with E-state index in [0.29, 0.717) is 5.75 Å². The Morgan fingerprint density at radius 2 is 1.75 bits per heavy atom. The largest absolute Gasteiger partial charge is 0.493 e. The first-order valence-corrected chi connectivity index (χ1v) is 3.51. The average molecular weight is 166 g/mol. The second-order valence-corrected chi connectivity index (χ2v) is 2.18. The lowest BCUT2D eigenvalue weighted by Crippen LogP contribution is -2.01. The summed E-state index contributed by atoms with van der Waals surface area (Å²) in [6, 6.07) is 6.48. The average Bonchev–Trinajstić information content (AvgIpc) is 2.26. The molecular weight excluding hydrogens is 156 g/mol. The van der Waals surface area contributed by atoms with E-state index in [9.17, 15) is 4.79 Å². The predicted molar refractivity (Wildman–Crippen MR) is 45.8 cm³/mol. The van der Waals surface area contributed by atoms with Crippen LogP contribution in [-0.2, 0) is 0 Å². The Kier molecular flexibility index (Phi) is 2.69. The summed E-state index contributed by atoms with van der Waals surface area (Å²) in [5, 5.41) is 0. The summed E-state index contributed by atoms with van der Waals surface area (Å²) in [6.07, 6.45) is 0. The fourth-order valence-electron chi connectivity index (χ4n) is 0.921. The Morgan fingerprint density at radius 1 is 1.08 bits per heavy atom. The number of hydrogen-bond donors (Lipinski definition) is 0. The van der Waals surface area contributed by atoms with Crippen molar-refractivity contribution in [1.29, 1.82) is 0 Å². The molecule has 3 nitrogen and oxygen atoms in total. The van der Waals surface area contributed by atoms with Gasteiger partial charge in [0.15, 0.2) is 5.75 Å². The molecule has 0 saturated heterocycles. The summed E-state index contributed by atoms with van der Waals surface area (Å²) >= 11 is 0. The zero-order valence-electron chi connectivity index (χ0n) is 7.03. The zero-order chi connectivity index (χ0) is 8.97. The minimum Gasteiger partial charge on any atom is -0.493 e. The molecule has 0 saturated carbocycles. The highest BCUT2D eigenvalue weighted by molar-refractivity contribution is 5.37. The van der Waals surface area contributed by atoms with Crippen LogP contribution in [0.1, 0.15) is 0 Å². The Morgan fingerprint density at radius 3 is 2.33 bits per heavy atom. The number of ether oxygens (including phenoxy) is 2. The lowest BCUT2D eigenvalue weighted by Gasteiger charge is -2.01. The number of methoxy groups -OCH3 is 2. The molecule has 0 fully saturated rings. The third-order valence-electron chi connectivity index (χ3n) is 1.48. The molecule has 0 heterocycles. The molecule has 0 amide bonds. The lowest BCUT2D eigenvalue weighted by molar-refractivity contribution is 0.353. The van der Waals surface area contributed by atoms with Crippen LogP contribution in [0.15, 0.2) is 29.1 Å². The van der Waals surface area contributed by atoms with Gasteiger partial charge in [0.1, 0.15) is 0 Å². The molecule has 0 atom stereocenters. The molecule has 0 aliphatic rings. The van der Waals surface area contributed by atoms with Gasteiger partial charge in [-0.1, -0.05) is 12.1 Å². The zero-order valence-corrected chi connectivity index (χ0v) is 7.03. The Labute approximate surface area is 70.6 Å². The molecular formula is C9H10O3. The molecule has 0 aliphatic carbocycles. The molecule has 0 aromatic heterocycles. The monoisotopic (exact) mass is 166 g/mol. The van der Waals surface area contributed by atoms with Crippen LogP contribution in [-0.4, -0.2) is 14.2 Å². The Bertz CT molecular complexity index is 320. The summed E-state index contributed by atoms with van der Waals surface area (Å²) in [5.74, 6) is 0.690. The molecule has 1 aromatic carbocycles. The van der Waals surface area contributed by atoms with Crippen molar-refractivity contribution in [3.8, 4) is 11.5 Å². The van der Waals surface area contributed by atoms with Crippen molar-refractivity contribution in [3.05, 3.63) is 34.5 Å². The van der Waals surface area contributed by atoms with Gasteiger partial charge in [-0.05, 0) is 12.1 Å². The summed E-state index contributed by atoms with van der Waals surface area (Å²) in [6.45, 7) is 0. The molecule has 3 heteroatoms. The van der Waals surface area contributed by atoms with E-state index in [1.807, 2.05) is 0 Å². The van der Waals surface area contributed by atoms with E-state index in [-0.39, 0.29) is 11.2 Å². The van der Waals surface area contributed by atoms with Crippen molar-refractivity contribution in [2.45, 2.75) is 0 Å². The maximum Gasteiger partial charge on any atom is 0.224 e. The van der Waals surface area contributed by atoms with Crippen LogP contribution in [0.5, 0.6) is 11.5 Å². The molecule has 0 aliphatic heterocycles. The minimum atomic E-state index is -0.181. The number of hydrogen-bond acceptors (Lipinski definition) is 3. The Balaban J connectivity index is 3.39. The van der Waals surface area contributed by atoms with Crippen molar-refractivity contribution in [1.82, 2.24) is 0 Å². The molecule has 0 radical (unpaired) electrons. The maximum absolute atomic E-state index is 11.2. The van der Waals surface area contributed by atoms with Crippen LogP contribution >= 0.6 is 0 Å². The van der Waals surface area contributed by atoms with Gasteiger partial charge in [-0.15, -0.1) is 0 Å². The normalized spacial score (nSPS) is 9.17. The highest BCUT2D eigenvalue weighted by Crippen LogP contribution is 2.19. The van der Waals surface area contributed by atoms with Crippen LogP contribution in [0.25, 0.3) is 0 Å². The van der Waals surface area contributed by atoms with E-state index in [1.54, 1.807) is 18.2 Å². The quantitative estimate of drug-likeness (QED) is 0.659. The summed E-state index contributed by atoms with van der Waals surface area (Å²) in [4.78, 5) is 11.2. The molecule has 0 spiro atoms. The summed E-state index contributed by atoms with van der Waals surface area (Å²) in [7, 11) is 2.94. The SMILES string of the molecule is COc1ccccc(=O)c1OC. The van der Waals surface area contributed by atoms with Gasteiger partial charge < -0.3 is 9.47 Å². The Hall–Kier alpha value is -1.51. The van der Waals surface area contributed by atoms with Crippen molar-refractivity contribution in [3.63, 3.8) is 0 Å². The maximum atomic E-state index is 11.2. The summed E-state index contributed by atoms with van der Waals surface area (Å²) in [5.41, 5.74) is -0.181. The van der Waals surface area contributed by atoms with Gasteiger partial charge in [-0.25, -0.2) is 0 Å². The molecule has 12 heavy (non-hydrogen) atoms. The molecule has 1 rings (SSSR count). The van der Waals surface area contributed by atoms with Crippen LogP contribution in [0.2, 0.25) is 0 Å². The van der Waals surface area contributed by atoms with E-state index in [4.69, 9.17) is 9.47 Å². The fourth-order valence-corrected chi connectivity index (χ4v) is 0.921. The van der Waals surface area contributed by atoms with E-state index in [0.717, 1.165) is 0 Å². The van der Waals surface area contributed by atoms with Crippen molar-refractivity contribution >= 4 is 0 Å². The molecule has 64 valence electrons. The van der Waals surface area contributed by atoms with Crippen molar-refractivity contribution in [2.75, 3.05) is 14.2 Å². The minimum absolute atomic E-state index is 0.181. The van der Waals surface area contributed by atoms with Gasteiger partial charge in [0, 0.05) is 0 Å². The molecule has 0 bridgehead atoms. The predicted octanol–water partition coefficient (Wildman–Crippen LogP) is 1.06.